The molecule has 0 aliphatic carbocycles. The average Bonchev–Trinajstić information content (AvgIpc) is 2.23. The zero-order chi connectivity index (χ0) is 12.5. The van der Waals surface area contributed by atoms with Gasteiger partial charge in [-0.15, -0.1) is 0 Å². The molecule has 2 heterocycles. The van der Waals surface area contributed by atoms with Gasteiger partial charge in [-0.2, -0.15) is 0 Å². The van der Waals surface area contributed by atoms with Gasteiger partial charge in [0.05, 0.1) is 11.1 Å². The van der Waals surface area contributed by atoms with Crippen LogP contribution >= 0.6 is 11.6 Å². The molecule has 2 N–H and O–H groups in total. The van der Waals surface area contributed by atoms with E-state index in [4.69, 9.17) is 16.3 Å². The van der Waals surface area contributed by atoms with Gasteiger partial charge >= 0.3 is 0 Å². The Bertz CT molecular complexity index is 431. The second kappa shape index (κ2) is 5.05. The summed E-state index contributed by atoms with van der Waals surface area (Å²) in [5, 5.41) is 13.1. The van der Waals surface area contributed by atoms with Gasteiger partial charge in [0.2, 0.25) is 0 Å². The van der Waals surface area contributed by atoms with Crippen molar-refractivity contribution in [2.45, 2.75) is 18.8 Å². The summed E-state index contributed by atoms with van der Waals surface area (Å²) >= 11 is 6.21. The van der Waals surface area contributed by atoms with Crippen LogP contribution in [0.1, 0.15) is 5.56 Å². The second-order valence-electron chi connectivity index (χ2n) is 5.01. The normalized spacial score (nSPS) is 21.4. The molecule has 2 saturated heterocycles. The van der Waals surface area contributed by atoms with E-state index in [0.717, 1.165) is 44.0 Å². The van der Waals surface area contributed by atoms with E-state index < -0.39 is 0 Å². The van der Waals surface area contributed by atoms with Crippen molar-refractivity contribution in [2.24, 2.45) is 0 Å². The van der Waals surface area contributed by atoms with Crippen LogP contribution in [0.3, 0.4) is 0 Å². The highest BCUT2D eigenvalue weighted by atomic mass is 35.5. The van der Waals surface area contributed by atoms with Crippen LogP contribution in [0.2, 0.25) is 5.02 Å². The van der Waals surface area contributed by atoms with Crippen molar-refractivity contribution in [1.82, 2.24) is 10.2 Å². The fourth-order valence-corrected chi connectivity index (χ4v) is 2.44. The van der Waals surface area contributed by atoms with Crippen LogP contribution in [0.5, 0.6) is 5.75 Å². The van der Waals surface area contributed by atoms with Crippen LogP contribution < -0.4 is 10.1 Å². The van der Waals surface area contributed by atoms with Crippen molar-refractivity contribution < 1.29 is 9.84 Å². The van der Waals surface area contributed by atoms with Crippen molar-refractivity contribution in [3.8, 4) is 5.75 Å². The summed E-state index contributed by atoms with van der Waals surface area (Å²) in [7, 11) is 0. The molecular weight excluding hydrogens is 252 g/mol. The van der Waals surface area contributed by atoms with Crippen LogP contribution in [0.15, 0.2) is 18.2 Å². The highest BCUT2D eigenvalue weighted by Crippen LogP contribution is 2.28. The first kappa shape index (κ1) is 12.2. The third-order valence-corrected chi connectivity index (χ3v) is 3.67. The number of aliphatic hydroxyl groups is 1. The maximum Gasteiger partial charge on any atom is 0.138 e. The Balaban J connectivity index is 1.60. The lowest BCUT2D eigenvalue weighted by Gasteiger charge is -2.35. The molecule has 0 bridgehead atoms. The van der Waals surface area contributed by atoms with Crippen LogP contribution in [-0.4, -0.2) is 48.4 Å². The first-order valence-corrected chi connectivity index (χ1v) is 6.65. The van der Waals surface area contributed by atoms with Crippen LogP contribution in [0.4, 0.5) is 0 Å². The van der Waals surface area contributed by atoms with Crippen molar-refractivity contribution >= 4 is 11.6 Å². The molecule has 2 aliphatic heterocycles. The third kappa shape index (κ3) is 2.62. The molecule has 0 spiro atoms. The van der Waals surface area contributed by atoms with E-state index in [1.807, 2.05) is 18.2 Å². The molecule has 18 heavy (non-hydrogen) atoms. The number of hydrogen-bond donors (Lipinski definition) is 2. The molecule has 2 fully saturated rings. The molecule has 4 nitrogen and oxygen atoms in total. The quantitative estimate of drug-likeness (QED) is 0.851. The summed E-state index contributed by atoms with van der Waals surface area (Å²) < 4.78 is 5.75. The summed E-state index contributed by atoms with van der Waals surface area (Å²) in [5.41, 5.74) is 1.16. The van der Waals surface area contributed by atoms with Gasteiger partial charge in [-0.05, 0) is 17.7 Å². The van der Waals surface area contributed by atoms with E-state index in [2.05, 4.69) is 10.2 Å². The van der Waals surface area contributed by atoms with Crippen LogP contribution in [0, 0.1) is 0 Å². The SMILES string of the molecule is OC1CN(Cc2ccc(OC3CNC3)c(Cl)c2)C1. The molecular formula is C13H17ClN2O2. The Labute approximate surface area is 111 Å². The minimum Gasteiger partial charge on any atom is -0.486 e. The smallest absolute Gasteiger partial charge is 0.138 e. The van der Waals surface area contributed by atoms with Crippen molar-refractivity contribution in [2.75, 3.05) is 26.2 Å². The number of β-amino-alcohol motifs (C(OH)–C–C–N with tert-alkyl or cyclic N) is 1. The monoisotopic (exact) mass is 268 g/mol. The lowest BCUT2D eigenvalue weighted by Crippen LogP contribution is -2.50. The molecule has 0 unspecified atom stereocenters. The predicted octanol–water partition coefficient (Wildman–Crippen LogP) is 0.867. The van der Waals surface area contributed by atoms with E-state index in [-0.39, 0.29) is 12.2 Å². The first-order chi connectivity index (χ1) is 8.70. The van der Waals surface area contributed by atoms with Crippen LogP contribution in [-0.2, 0) is 6.54 Å². The Morgan fingerprint density at radius 2 is 2.17 bits per heavy atom. The van der Waals surface area contributed by atoms with Gasteiger partial charge in [0, 0.05) is 32.7 Å². The van der Waals surface area contributed by atoms with Gasteiger partial charge in [-0.3, -0.25) is 4.90 Å². The number of nitrogens with one attached hydrogen (secondary N) is 1. The predicted molar refractivity (Wildman–Crippen MR) is 70.0 cm³/mol. The van der Waals surface area contributed by atoms with Gasteiger partial charge in [0.15, 0.2) is 0 Å². The number of nitrogens with zero attached hydrogens (tertiary/aromatic N) is 1. The number of likely N-dealkylation sites (tertiary alicyclic amines) is 1. The van der Waals surface area contributed by atoms with Crippen molar-refractivity contribution in [3.05, 3.63) is 28.8 Å². The fourth-order valence-electron chi connectivity index (χ4n) is 2.19. The highest BCUT2D eigenvalue weighted by Gasteiger charge is 2.24. The molecule has 0 aromatic heterocycles. The Hall–Kier alpha value is -0.810. The number of ether oxygens (including phenoxy) is 1. The number of benzene rings is 1. The van der Waals surface area contributed by atoms with Gasteiger partial charge in [0.25, 0.3) is 0 Å². The standard InChI is InChI=1S/C13H17ClN2O2/c14-12-3-9(6-16-7-10(17)8-16)1-2-13(12)18-11-4-15-5-11/h1-3,10-11,15,17H,4-8H2. The van der Waals surface area contributed by atoms with E-state index in [9.17, 15) is 5.11 Å². The fraction of sp³-hybridized carbons (Fsp3) is 0.538. The lowest BCUT2D eigenvalue weighted by molar-refractivity contribution is -0.00287. The Morgan fingerprint density at radius 3 is 2.72 bits per heavy atom. The molecule has 0 radical (unpaired) electrons. The van der Waals surface area contributed by atoms with Gasteiger partial charge in [-0.25, -0.2) is 0 Å². The topological polar surface area (TPSA) is 44.7 Å². The minimum absolute atomic E-state index is 0.158. The summed E-state index contributed by atoms with van der Waals surface area (Å²) in [6.07, 6.45) is 0.0908. The van der Waals surface area contributed by atoms with Crippen LogP contribution in [0.25, 0.3) is 0 Å². The van der Waals surface area contributed by atoms with Gasteiger partial charge in [0.1, 0.15) is 11.9 Å². The Morgan fingerprint density at radius 1 is 1.39 bits per heavy atom. The molecule has 1 aromatic rings. The maximum atomic E-state index is 9.23. The van der Waals surface area contributed by atoms with Crippen molar-refractivity contribution in [3.63, 3.8) is 0 Å². The molecule has 0 amide bonds. The molecule has 0 atom stereocenters. The van der Waals surface area contributed by atoms with E-state index in [0.29, 0.717) is 5.02 Å². The van der Waals surface area contributed by atoms with Crippen molar-refractivity contribution in [1.29, 1.82) is 0 Å². The van der Waals surface area contributed by atoms with Gasteiger partial charge in [-0.1, -0.05) is 17.7 Å². The number of aliphatic hydroxyl groups excluding tert-OH is 1. The highest BCUT2D eigenvalue weighted by molar-refractivity contribution is 6.32. The maximum absolute atomic E-state index is 9.23. The zero-order valence-electron chi connectivity index (χ0n) is 10.1. The number of rotatable bonds is 4. The number of hydrogen-bond acceptors (Lipinski definition) is 4. The van der Waals surface area contributed by atoms with E-state index >= 15 is 0 Å². The lowest BCUT2D eigenvalue weighted by atomic mass is 10.1. The average molecular weight is 269 g/mol. The molecule has 3 rings (SSSR count). The molecule has 2 aliphatic rings. The molecule has 98 valence electrons. The molecule has 1 aromatic carbocycles. The molecule has 0 saturated carbocycles. The number of halogens is 1. The third-order valence-electron chi connectivity index (χ3n) is 3.38. The summed E-state index contributed by atoms with van der Waals surface area (Å²) in [6, 6.07) is 5.93. The second-order valence-corrected chi connectivity index (χ2v) is 5.42. The zero-order valence-corrected chi connectivity index (χ0v) is 10.9. The van der Waals surface area contributed by atoms with E-state index in [1.54, 1.807) is 0 Å². The summed E-state index contributed by atoms with van der Waals surface area (Å²) in [6.45, 7) is 4.13. The minimum atomic E-state index is -0.158. The molecule has 5 heteroatoms. The summed E-state index contributed by atoms with van der Waals surface area (Å²) in [4.78, 5) is 2.19. The van der Waals surface area contributed by atoms with E-state index in [1.165, 1.54) is 0 Å². The summed E-state index contributed by atoms with van der Waals surface area (Å²) in [5.74, 6) is 0.760. The van der Waals surface area contributed by atoms with Gasteiger partial charge < -0.3 is 15.2 Å². The first-order valence-electron chi connectivity index (χ1n) is 6.27. The Kier molecular flexibility index (Phi) is 3.43. The largest absolute Gasteiger partial charge is 0.486 e.